The molecular formula is C13H17N5. The van der Waals surface area contributed by atoms with Crippen LogP contribution in [-0.2, 0) is 6.42 Å². The fraction of sp³-hybridized carbons (Fsp3) is 0.308. The molecule has 5 heteroatoms. The van der Waals surface area contributed by atoms with E-state index in [1.807, 2.05) is 38.4 Å². The molecule has 0 atom stereocenters. The third-order valence-corrected chi connectivity index (χ3v) is 2.66. The lowest BCUT2D eigenvalue weighted by atomic mass is 10.2. The molecule has 0 fully saturated rings. The Balaban J connectivity index is 2.01. The summed E-state index contributed by atoms with van der Waals surface area (Å²) in [4.78, 5) is 14.8. The number of hydrogen-bond acceptors (Lipinski definition) is 5. The van der Waals surface area contributed by atoms with Crippen LogP contribution < -0.4 is 10.6 Å². The van der Waals surface area contributed by atoms with E-state index in [-0.39, 0.29) is 0 Å². The van der Waals surface area contributed by atoms with E-state index in [1.54, 1.807) is 6.07 Å². The first-order valence-corrected chi connectivity index (χ1v) is 5.87. The Hall–Kier alpha value is -2.17. The van der Waals surface area contributed by atoms with Gasteiger partial charge in [-0.1, -0.05) is 6.07 Å². The Bertz CT molecular complexity index is 492. The topological polar surface area (TPSA) is 67.9 Å². The maximum absolute atomic E-state index is 5.71. The highest BCUT2D eigenvalue weighted by molar-refractivity contribution is 5.46. The second kappa shape index (κ2) is 5.44. The fourth-order valence-electron chi connectivity index (χ4n) is 1.71. The van der Waals surface area contributed by atoms with Crippen LogP contribution in [0.15, 0.2) is 30.5 Å². The minimum atomic E-state index is 0.502. The molecule has 0 saturated heterocycles. The van der Waals surface area contributed by atoms with Gasteiger partial charge in [0.2, 0.25) is 0 Å². The van der Waals surface area contributed by atoms with Gasteiger partial charge in [0.25, 0.3) is 0 Å². The number of nitrogens with zero attached hydrogens (tertiary/aromatic N) is 4. The maximum atomic E-state index is 5.71. The van der Waals surface area contributed by atoms with Gasteiger partial charge in [0.1, 0.15) is 17.5 Å². The highest BCUT2D eigenvalue weighted by atomic mass is 15.2. The predicted octanol–water partition coefficient (Wildman–Crippen LogP) is 1.44. The van der Waals surface area contributed by atoms with E-state index >= 15 is 0 Å². The zero-order valence-corrected chi connectivity index (χ0v) is 10.7. The van der Waals surface area contributed by atoms with Gasteiger partial charge in [-0.15, -0.1) is 0 Å². The first-order valence-electron chi connectivity index (χ1n) is 5.87. The maximum Gasteiger partial charge on any atom is 0.134 e. The van der Waals surface area contributed by atoms with E-state index in [1.165, 1.54) is 0 Å². The van der Waals surface area contributed by atoms with Gasteiger partial charge in [0.15, 0.2) is 0 Å². The summed E-state index contributed by atoms with van der Waals surface area (Å²) in [6.07, 6.45) is 2.68. The van der Waals surface area contributed by atoms with E-state index in [9.17, 15) is 0 Å². The Kier molecular flexibility index (Phi) is 3.72. The lowest BCUT2D eigenvalue weighted by molar-refractivity contribution is 0.831. The van der Waals surface area contributed by atoms with E-state index < -0.39 is 0 Å². The molecule has 2 rings (SSSR count). The molecule has 94 valence electrons. The van der Waals surface area contributed by atoms with Crippen molar-refractivity contribution in [1.29, 1.82) is 0 Å². The molecule has 0 aliphatic heterocycles. The molecule has 5 nitrogen and oxygen atoms in total. The number of aromatic nitrogens is 3. The molecule has 0 aromatic carbocycles. The molecule has 2 aromatic heterocycles. The molecule has 2 N–H and O–H groups in total. The summed E-state index contributed by atoms with van der Waals surface area (Å²) in [5.74, 6) is 2.04. The smallest absolute Gasteiger partial charge is 0.134 e. The van der Waals surface area contributed by atoms with Crippen molar-refractivity contribution in [3.05, 3.63) is 42.0 Å². The number of nitrogen functional groups attached to an aromatic ring is 1. The van der Waals surface area contributed by atoms with Crippen molar-refractivity contribution in [2.24, 2.45) is 0 Å². The lowest BCUT2D eigenvalue weighted by Gasteiger charge is -2.18. The average Bonchev–Trinajstić information content (AvgIpc) is 2.36. The Morgan fingerprint density at radius 3 is 2.78 bits per heavy atom. The summed E-state index contributed by atoms with van der Waals surface area (Å²) < 4.78 is 0. The molecular weight excluding hydrogens is 226 g/mol. The SMILES string of the molecule is Cc1nc(N)cc(N(C)CCc2ccccn2)n1. The van der Waals surface area contributed by atoms with E-state index in [0.29, 0.717) is 11.6 Å². The van der Waals surface area contributed by atoms with Crippen molar-refractivity contribution < 1.29 is 0 Å². The number of anilines is 2. The summed E-state index contributed by atoms with van der Waals surface area (Å²) in [5.41, 5.74) is 6.79. The Morgan fingerprint density at radius 2 is 2.11 bits per heavy atom. The van der Waals surface area contributed by atoms with Crippen LogP contribution in [-0.4, -0.2) is 28.5 Å². The van der Waals surface area contributed by atoms with Crippen LogP contribution in [0.4, 0.5) is 11.6 Å². The number of aryl methyl sites for hydroxylation is 1. The predicted molar refractivity (Wildman–Crippen MR) is 72.4 cm³/mol. The summed E-state index contributed by atoms with van der Waals surface area (Å²) in [7, 11) is 1.99. The van der Waals surface area contributed by atoms with Crippen molar-refractivity contribution in [2.75, 3.05) is 24.2 Å². The molecule has 2 heterocycles. The standard InChI is InChI=1S/C13H17N5/c1-10-16-12(14)9-13(17-10)18(2)8-6-11-5-3-4-7-15-11/h3-5,7,9H,6,8H2,1-2H3,(H2,14,16,17). The minimum Gasteiger partial charge on any atom is -0.384 e. The molecule has 0 aliphatic rings. The Labute approximate surface area is 107 Å². The van der Waals surface area contributed by atoms with Gasteiger partial charge in [0, 0.05) is 38.0 Å². The largest absolute Gasteiger partial charge is 0.384 e. The van der Waals surface area contributed by atoms with Crippen LogP contribution >= 0.6 is 0 Å². The molecule has 2 aromatic rings. The molecule has 0 spiro atoms. The third-order valence-electron chi connectivity index (χ3n) is 2.66. The molecule has 0 bridgehead atoms. The first kappa shape index (κ1) is 12.3. The molecule has 0 radical (unpaired) electrons. The van der Waals surface area contributed by atoms with Crippen LogP contribution in [0.2, 0.25) is 0 Å². The zero-order chi connectivity index (χ0) is 13.0. The van der Waals surface area contributed by atoms with Crippen LogP contribution in [0.25, 0.3) is 0 Å². The van der Waals surface area contributed by atoms with Crippen LogP contribution in [0.3, 0.4) is 0 Å². The summed E-state index contributed by atoms with van der Waals surface area (Å²) in [5, 5.41) is 0. The monoisotopic (exact) mass is 243 g/mol. The fourth-order valence-corrected chi connectivity index (χ4v) is 1.71. The van der Waals surface area contributed by atoms with Gasteiger partial charge in [-0.2, -0.15) is 0 Å². The van der Waals surface area contributed by atoms with Crippen molar-refractivity contribution in [3.63, 3.8) is 0 Å². The van der Waals surface area contributed by atoms with Gasteiger partial charge >= 0.3 is 0 Å². The molecule has 18 heavy (non-hydrogen) atoms. The lowest BCUT2D eigenvalue weighted by Crippen LogP contribution is -2.22. The van der Waals surface area contributed by atoms with Crippen molar-refractivity contribution in [3.8, 4) is 0 Å². The average molecular weight is 243 g/mol. The molecule has 0 saturated carbocycles. The van der Waals surface area contributed by atoms with Crippen LogP contribution in [0, 0.1) is 6.92 Å². The molecule has 0 aliphatic carbocycles. The van der Waals surface area contributed by atoms with Crippen LogP contribution in [0.5, 0.6) is 0 Å². The second-order valence-corrected chi connectivity index (χ2v) is 4.19. The van der Waals surface area contributed by atoms with Crippen molar-refractivity contribution >= 4 is 11.6 Å². The van der Waals surface area contributed by atoms with Gasteiger partial charge < -0.3 is 10.6 Å². The van der Waals surface area contributed by atoms with Gasteiger partial charge in [-0.3, -0.25) is 4.98 Å². The number of nitrogens with two attached hydrogens (primary N) is 1. The van der Waals surface area contributed by atoms with Gasteiger partial charge in [-0.25, -0.2) is 9.97 Å². The summed E-state index contributed by atoms with van der Waals surface area (Å²) in [6, 6.07) is 7.72. The number of hydrogen-bond donors (Lipinski definition) is 1. The van der Waals surface area contributed by atoms with E-state index in [2.05, 4.69) is 19.9 Å². The Morgan fingerprint density at radius 1 is 1.28 bits per heavy atom. The third kappa shape index (κ3) is 3.16. The highest BCUT2D eigenvalue weighted by Crippen LogP contribution is 2.12. The van der Waals surface area contributed by atoms with Crippen LogP contribution in [0.1, 0.15) is 11.5 Å². The zero-order valence-electron chi connectivity index (χ0n) is 10.7. The van der Waals surface area contributed by atoms with E-state index in [4.69, 9.17) is 5.73 Å². The number of rotatable bonds is 4. The van der Waals surface area contributed by atoms with Gasteiger partial charge in [-0.05, 0) is 19.1 Å². The van der Waals surface area contributed by atoms with Crippen molar-refractivity contribution in [1.82, 2.24) is 15.0 Å². The molecule has 0 amide bonds. The van der Waals surface area contributed by atoms with Gasteiger partial charge in [0.05, 0.1) is 0 Å². The number of likely N-dealkylation sites (N-methyl/N-ethyl adjacent to an activating group) is 1. The number of pyridine rings is 1. The minimum absolute atomic E-state index is 0.502. The molecule has 0 unspecified atom stereocenters. The second-order valence-electron chi connectivity index (χ2n) is 4.19. The van der Waals surface area contributed by atoms with Crippen molar-refractivity contribution in [2.45, 2.75) is 13.3 Å². The summed E-state index contributed by atoms with van der Waals surface area (Å²) >= 11 is 0. The highest BCUT2D eigenvalue weighted by Gasteiger charge is 2.05. The first-order chi connectivity index (χ1) is 8.65. The quantitative estimate of drug-likeness (QED) is 0.880. The summed E-state index contributed by atoms with van der Waals surface area (Å²) in [6.45, 7) is 2.68. The van der Waals surface area contributed by atoms with E-state index in [0.717, 1.165) is 24.5 Å². The normalized spacial score (nSPS) is 10.3.